The van der Waals surface area contributed by atoms with Crippen LogP contribution in [0.4, 0.5) is 0 Å². The molecule has 0 bridgehead atoms. The van der Waals surface area contributed by atoms with Crippen molar-refractivity contribution in [2.24, 2.45) is 0 Å². The van der Waals surface area contributed by atoms with Crippen molar-refractivity contribution in [2.75, 3.05) is 0 Å². The number of aromatic amines is 1. The van der Waals surface area contributed by atoms with Gasteiger partial charge in [0.15, 0.2) is 0 Å². The molecule has 0 atom stereocenters. The molecule has 0 amide bonds. The first-order valence-corrected chi connectivity index (χ1v) is 10.7. The largest absolute Gasteiger partial charge is 0.371 e. The molecule has 0 aliphatic rings. The summed E-state index contributed by atoms with van der Waals surface area (Å²) in [5.41, 5.74) is 8.46. The van der Waals surface area contributed by atoms with E-state index < -0.39 is 0 Å². The molecule has 160 valence electrons. The zero-order chi connectivity index (χ0) is 21.9. The van der Waals surface area contributed by atoms with Gasteiger partial charge in [-0.25, -0.2) is 4.98 Å². The van der Waals surface area contributed by atoms with Gasteiger partial charge < -0.3 is 9.14 Å². The van der Waals surface area contributed by atoms with Gasteiger partial charge in [-0.1, -0.05) is 55.5 Å². The van der Waals surface area contributed by atoms with E-state index >= 15 is 0 Å². The lowest BCUT2D eigenvalue weighted by atomic mass is 9.97. The van der Waals surface area contributed by atoms with Crippen LogP contribution in [-0.4, -0.2) is 30.0 Å². The normalized spacial score (nSPS) is 11.3. The molecule has 5 aromatic rings. The van der Waals surface area contributed by atoms with Gasteiger partial charge in [0.1, 0.15) is 5.65 Å². The van der Waals surface area contributed by atoms with Gasteiger partial charge in [0.2, 0.25) is 5.82 Å². The van der Waals surface area contributed by atoms with Crippen molar-refractivity contribution in [3.8, 4) is 22.5 Å². The average molecular weight is 425 g/mol. The van der Waals surface area contributed by atoms with Gasteiger partial charge >= 0.3 is 0 Å². The lowest BCUT2D eigenvalue weighted by Gasteiger charge is -2.11. The lowest BCUT2D eigenvalue weighted by Crippen LogP contribution is -2.01. The van der Waals surface area contributed by atoms with E-state index in [4.69, 9.17) is 9.72 Å². The second-order valence-corrected chi connectivity index (χ2v) is 7.76. The Balaban J connectivity index is 1.39. The van der Waals surface area contributed by atoms with Crippen LogP contribution in [0.15, 0.2) is 66.9 Å². The molecule has 3 aromatic heterocycles. The maximum absolute atomic E-state index is 6.10. The molecule has 0 saturated carbocycles. The maximum atomic E-state index is 6.10. The number of rotatable bonds is 7. The number of tetrazole rings is 1. The number of H-pyrrole nitrogens is 1. The van der Waals surface area contributed by atoms with Crippen LogP contribution in [0.25, 0.3) is 28.2 Å². The maximum Gasteiger partial charge on any atom is 0.205 e. The summed E-state index contributed by atoms with van der Waals surface area (Å²) < 4.78 is 8.24. The van der Waals surface area contributed by atoms with E-state index in [0.29, 0.717) is 19.0 Å². The van der Waals surface area contributed by atoms with Crippen molar-refractivity contribution in [3.63, 3.8) is 0 Å². The number of hydrogen-bond acceptors (Lipinski definition) is 5. The fourth-order valence-corrected chi connectivity index (χ4v) is 3.88. The smallest absolute Gasteiger partial charge is 0.205 e. The topological polar surface area (TPSA) is 81.0 Å². The number of hydrogen-bond donors (Lipinski definition) is 1. The predicted octanol–water partition coefficient (Wildman–Crippen LogP) is 4.77. The molecule has 0 aliphatic carbocycles. The highest BCUT2D eigenvalue weighted by Crippen LogP contribution is 2.31. The van der Waals surface area contributed by atoms with E-state index in [0.717, 1.165) is 51.3 Å². The Bertz CT molecular complexity index is 1340. The van der Waals surface area contributed by atoms with Crippen LogP contribution < -0.4 is 0 Å². The summed E-state index contributed by atoms with van der Waals surface area (Å²) in [4.78, 5) is 4.72. The van der Waals surface area contributed by atoms with Crippen molar-refractivity contribution in [1.82, 2.24) is 30.0 Å². The molecule has 3 heterocycles. The molecule has 7 heteroatoms. The molecule has 5 rings (SSSR count). The molecule has 0 radical (unpaired) electrons. The van der Waals surface area contributed by atoms with E-state index in [2.05, 4.69) is 87.5 Å². The molecule has 1 N–H and O–H groups in total. The lowest BCUT2D eigenvalue weighted by molar-refractivity contribution is 0.104. The summed E-state index contributed by atoms with van der Waals surface area (Å²) in [5, 5.41) is 14.7. The summed E-state index contributed by atoms with van der Waals surface area (Å²) in [6.45, 7) is 5.17. The molecule has 7 nitrogen and oxygen atoms in total. The van der Waals surface area contributed by atoms with Gasteiger partial charge in [0, 0.05) is 17.5 Å². The van der Waals surface area contributed by atoms with Gasteiger partial charge in [-0.15, -0.1) is 10.2 Å². The Hall–Kier alpha value is -3.84. The number of benzene rings is 2. The van der Waals surface area contributed by atoms with E-state index in [1.165, 1.54) is 0 Å². The number of fused-ring (bicyclic) bond motifs is 1. The SMILES string of the molecule is CCc1cn2c(COCc3ccc(-c4ccccc4)c(-c4nn[nH]n4)c3)ccc(C)c2n1. The van der Waals surface area contributed by atoms with E-state index in [1.807, 2.05) is 18.2 Å². The Morgan fingerprint density at radius 1 is 0.969 bits per heavy atom. The summed E-state index contributed by atoms with van der Waals surface area (Å²) in [7, 11) is 0. The first-order valence-electron chi connectivity index (χ1n) is 10.7. The van der Waals surface area contributed by atoms with Crippen LogP contribution in [0.1, 0.15) is 29.4 Å². The molecule has 0 fully saturated rings. The molecule has 0 aliphatic heterocycles. The van der Waals surface area contributed by atoms with Gasteiger partial charge in [-0.05, 0) is 52.9 Å². The summed E-state index contributed by atoms with van der Waals surface area (Å²) in [6, 6.07) is 20.7. The van der Waals surface area contributed by atoms with E-state index in [9.17, 15) is 0 Å². The Morgan fingerprint density at radius 3 is 2.62 bits per heavy atom. The minimum Gasteiger partial charge on any atom is -0.371 e. The van der Waals surface area contributed by atoms with Crippen LogP contribution in [0.5, 0.6) is 0 Å². The average Bonchev–Trinajstić information content (AvgIpc) is 3.52. The fraction of sp³-hybridized carbons (Fsp3) is 0.200. The van der Waals surface area contributed by atoms with Crippen LogP contribution in [0.3, 0.4) is 0 Å². The van der Waals surface area contributed by atoms with Crippen LogP contribution in [0, 0.1) is 6.92 Å². The van der Waals surface area contributed by atoms with Crippen molar-refractivity contribution in [3.05, 3.63) is 89.4 Å². The molecule has 32 heavy (non-hydrogen) atoms. The summed E-state index contributed by atoms with van der Waals surface area (Å²) in [6.07, 6.45) is 3.01. The second-order valence-electron chi connectivity index (χ2n) is 7.76. The quantitative estimate of drug-likeness (QED) is 0.407. The molecule has 2 aromatic carbocycles. The Morgan fingerprint density at radius 2 is 1.84 bits per heavy atom. The van der Waals surface area contributed by atoms with Crippen LogP contribution >= 0.6 is 0 Å². The van der Waals surface area contributed by atoms with Crippen LogP contribution in [-0.2, 0) is 24.4 Å². The molecule has 0 spiro atoms. The van der Waals surface area contributed by atoms with Crippen molar-refractivity contribution < 1.29 is 4.74 Å². The minimum absolute atomic E-state index is 0.477. The third-order valence-electron chi connectivity index (χ3n) is 5.58. The van der Waals surface area contributed by atoms with E-state index in [-0.39, 0.29) is 0 Å². The second kappa shape index (κ2) is 8.72. The molecular formula is C25H24N6O. The third kappa shape index (κ3) is 3.90. The highest BCUT2D eigenvalue weighted by atomic mass is 16.5. The number of nitrogens with zero attached hydrogens (tertiary/aromatic N) is 5. The fourth-order valence-electron chi connectivity index (χ4n) is 3.88. The number of imidazole rings is 1. The molecular weight excluding hydrogens is 400 g/mol. The zero-order valence-corrected chi connectivity index (χ0v) is 18.1. The number of ether oxygens (including phenoxy) is 1. The number of nitrogens with one attached hydrogen (secondary N) is 1. The van der Waals surface area contributed by atoms with Gasteiger partial charge in [-0.3, -0.25) is 0 Å². The highest BCUT2D eigenvalue weighted by Gasteiger charge is 2.13. The van der Waals surface area contributed by atoms with Gasteiger partial charge in [0.25, 0.3) is 0 Å². The standard InChI is InChI=1S/C25H24N6O/c1-3-20-14-31-21(11-9-17(2)25(31)26-20)16-32-15-18-10-12-22(19-7-5-4-6-8-19)23(13-18)24-27-29-30-28-24/h4-14H,3,15-16H2,1-2H3,(H,27,28,29,30). The first-order chi connectivity index (χ1) is 15.7. The third-order valence-corrected chi connectivity index (χ3v) is 5.58. The zero-order valence-electron chi connectivity index (χ0n) is 18.1. The molecule has 0 saturated heterocycles. The Kier molecular flexibility index (Phi) is 5.47. The first kappa shape index (κ1) is 20.1. The van der Waals surface area contributed by atoms with E-state index in [1.54, 1.807) is 0 Å². The Labute approximate surface area is 186 Å². The molecule has 0 unspecified atom stereocenters. The van der Waals surface area contributed by atoms with Crippen molar-refractivity contribution in [2.45, 2.75) is 33.5 Å². The van der Waals surface area contributed by atoms with Gasteiger partial charge in [-0.2, -0.15) is 5.21 Å². The minimum atomic E-state index is 0.477. The summed E-state index contributed by atoms with van der Waals surface area (Å²) in [5.74, 6) is 0.566. The monoisotopic (exact) mass is 424 g/mol. The highest BCUT2D eigenvalue weighted by molar-refractivity contribution is 5.80. The van der Waals surface area contributed by atoms with Crippen molar-refractivity contribution in [1.29, 1.82) is 0 Å². The van der Waals surface area contributed by atoms with Crippen molar-refractivity contribution >= 4 is 5.65 Å². The number of aromatic nitrogens is 6. The van der Waals surface area contributed by atoms with Crippen LogP contribution in [0.2, 0.25) is 0 Å². The number of aryl methyl sites for hydroxylation is 2. The number of pyridine rings is 1. The summed E-state index contributed by atoms with van der Waals surface area (Å²) >= 11 is 0. The van der Waals surface area contributed by atoms with Gasteiger partial charge in [0.05, 0.1) is 18.9 Å². The predicted molar refractivity (Wildman–Crippen MR) is 123 cm³/mol.